The maximum Gasteiger partial charge on any atom is 0.221 e. The highest BCUT2D eigenvalue weighted by Crippen LogP contribution is 2.17. The van der Waals surface area contributed by atoms with Gasteiger partial charge in [-0.3, -0.25) is 4.79 Å². The van der Waals surface area contributed by atoms with Crippen molar-refractivity contribution in [2.45, 2.75) is 26.3 Å². The molecular formula is C11H16BrN3O. The van der Waals surface area contributed by atoms with Crippen LogP contribution in [0, 0.1) is 0 Å². The van der Waals surface area contributed by atoms with Gasteiger partial charge in [0.15, 0.2) is 0 Å². The molecule has 0 aromatic carbocycles. The third-order valence-corrected chi connectivity index (χ3v) is 2.49. The fourth-order valence-electron chi connectivity index (χ4n) is 1.20. The number of aromatic nitrogens is 1. The van der Waals surface area contributed by atoms with Crippen molar-refractivity contribution in [2.75, 3.05) is 11.9 Å². The van der Waals surface area contributed by atoms with Gasteiger partial charge in [0.25, 0.3) is 0 Å². The molecule has 0 aliphatic heterocycles. The van der Waals surface area contributed by atoms with Gasteiger partial charge in [0.05, 0.1) is 4.47 Å². The molecule has 1 heterocycles. The molecule has 0 bridgehead atoms. The van der Waals surface area contributed by atoms with Gasteiger partial charge in [0, 0.05) is 25.2 Å². The number of carbonyl (C=O) groups is 1. The van der Waals surface area contributed by atoms with Crippen LogP contribution in [-0.2, 0) is 4.79 Å². The third-order valence-electron chi connectivity index (χ3n) is 1.85. The number of halogens is 1. The molecule has 1 amide bonds. The molecule has 0 radical (unpaired) electrons. The van der Waals surface area contributed by atoms with Gasteiger partial charge in [0.1, 0.15) is 5.82 Å². The van der Waals surface area contributed by atoms with Crippen LogP contribution in [0.3, 0.4) is 0 Å². The Morgan fingerprint density at radius 2 is 2.31 bits per heavy atom. The summed E-state index contributed by atoms with van der Waals surface area (Å²) in [4.78, 5) is 15.5. The molecule has 16 heavy (non-hydrogen) atoms. The highest BCUT2D eigenvalue weighted by atomic mass is 79.9. The lowest BCUT2D eigenvalue weighted by Gasteiger charge is -2.09. The number of anilines is 1. The Labute approximate surface area is 104 Å². The first kappa shape index (κ1) is 13.0. The lowest BCUT2D eigenvalue weighted by Crippen LogP contribution is -2.31. The van der Waals surface area contributed by atoms with Crippen molar-refractivity contribution in [2.24, 2.45) is 0 Å². The summed E-state index contributed by atoms with van der Waals surface area (Å²) >= 11 is 3.38. The molecule has 0 aliphatic rings. The minimum atomic E-state index is 0.0505. The zero-order valence-corrected chi connectivity index (χ0v) is 11.0. The average molecular weight is 286 g/mol. The Bertz CT molecular complexity index is 355. The van der Waals surface area contributed by atoms with Gasteiger partial charge >= 0.3 is 0 Å². The number of pyridine rings is 1. The van der Waals surface area contributed by atoms with Crippen molar-refractivity contribution in [1.82, 2.24) is 10.3 Å². The first-order chi connectivity index (χ1) is 7.59. The number of nitrogens with one attached hydrogen (secondary N) is 2. The highest BCUT2D eigenvalue weighted by molar-refractivity contribution is 9.10. The average Bonchev–Trinajstić information content (AvgIpc) is 2.19. The zero-order chi connectivity index (χ0) is 12.0. The van der Waals surface area contributed by atoms with E-state index in [0.717, 1.165) is 10.3 Å². The van der Waals surface area contributed by atoms with Gasteiger partial charge < -0.3 is 10.6 Å². The molecule has 0 fully saturated rings. The molecule has 88 valence electrons. The number of hydrogen-bond donors (Lipinski definition) is 2. The number of hydrogen-bond acceptors (Lipinski definition) is 3. The lowest BCUT2D eigenvalue weighted by atomic mass is 10.3. The molecule has 1 aromatic heterocycles. The standard InChI is InChI=1S/C11H16BrN3O/c1-8(2)15-10(16)5-7-14-11-9(12)4-3-6-13-11/h3-4,6,8H,5,7H2,1-2H3,(H,13,14)(H,15,16). The van der Waals surface area contributed by atoms with Crippen LogP contribution < -0.4 is 10.6 Å². The van der Waals surface area contributed by atoms with Crippen molar-refractivity contribution >= 4 is 27.7 Å². The second kappa shape index (κ2) is 6.48. The summed E-state index contributed by atoms with van der Waals surface area (Å²) in [5.41, 5.74) is 0. The highest BCUT2D eigenvalue weighted by Gasteiger charge is 2.04. The van der Waals surface area contributed by atoms with Gasteiger partial charge in [-0.25, -0.2) is 4.98 Å². The van der Waals surface area contributed by atoms with Gasteiger partial charge in [-0.2, -0.15) is 0 Å². The van der Waals surface area contributed by atoms with Crippen molar-refractivity contribution in [3.8, 4) is 0 Å². The van der Waals surface area contributed by atoms with E-state index in [-0.39, 0.29) is 11.9 Å². The van der Waals surface area contributed by atoms with E-state index >= 15 is 0 Å². The van der Waals surface area contributed by atoms with E-state index in [1.54, 1.807) is 6.20 Å². The molecule has 0 aliphatic carbocycles. The van der Waals surface area contributed by atoms with Crippen molar-refractivity contribution < 1.29 is 4.79 Å². The first-order valence-electron chi connectivity index (χ1n) is 5.23. The van der Waals surface area contributed by atoms with Gasteiger partial charge in [0.2, 0.25) is 5.91 Å². The summed E-state index contributed by atoms with van der Waals surface area (Å²) < 4.78 is 0.902. The largest absolute Gasteiger partial charge is 0.369 e. The van der Waals surface area contributed by atoms with Crippen LogP contribution in [0.25, 0.3) is 0 Å². The summed E-state index contributed by atoms with van der Waals surface area (Å²) in [6.07, 6.45) is 2.16. The molecule has 1 aromatic rings. The van der Waals surface area contributed by atoms with Crippen LogP contribution in [0.4, 0.5) is 5.82 Å². The van der Waals surface area contributed by atoms with E-state index < -0.39 is 0 Å². The number of nitrogens with zero attached hydrogens (tertiary/aromatic N) is 1. The van der Waals surface area contributed by atoms with E-state index in [9.17, 15) is 4.79 Å². The fourth-order valence-corrected chi connectivity index (χ4v) is 1.60. The molecular weight excluding hydrogens is 270 g/mol. The molecule has 0 unspecified atom stereocenters. The molecule has 0 spiro atoms. The molecule has 0 saturated heterocycles. The minimum Gasteiger partial charge on any atom is -0.369 e. The molecule has 0 atom stereocenters. The van der Waals surface area contributed by atoms with Crippen LogP contribution in [0.1, 0.15) is 20.3 Å². The summed E-state index contributed by atoms with van der Waals surface area (Å²) in [5.74, 6) is 0.814. The number of carbonyl (C=O) groups excluding carboxylic acids is 1. The Hall–Kier alpha value is -1.10. The van der Waals surface area contributed by atoms with Gasteiger partial charge in [-0.15, -0.1) is 0 Å². The summed E-state index contributed by atoms with van der Waals surface area (Å²) in [6, 6.07) is 3.94. The minimum absolute atomic E-state index is 0.0505. The second-order valence-electron chi connectivity index (χ2n) is 3.73. The van der Waals surface area contributed by atoms with E-state index in [0.29, 0.717) is 13.0 Å². The second-order valence-corrected chi connectivity index (χ2v) is 4.59. The quantitative estimate of drug-likeness (QED) is 0.872. The van der Waals surface area contributed by atoms with Gasteiger partial charge in [-0.05, 0) is 41.9 Å². The number of rotatable bonds is 5. The molecule has 2 N–H and O–H groups in total. The smallest absolute Gasteiger partial charge is 0.221 e. The zero-order valence-electron chi connectivity index (χ0n) is 9.46. The van der Waals surface area contributed by atoms with Crippen LogP contribution in [0.2, 0.25) is 0 Å². The first-order valence-corrected chi connectivity index (χ1v) is 6.02. The summed E-state index contributed by atoms with van der Waals surface area (Å²) in [7, 11) is 0. The monoisotopic (exact) mass is 285 g/mol. The summed E-state index contributed by atoms with van der Waals surface area (Å²) in [5, 5.41) is 5.93. The topological polar surface area (TPSA) is 54.0 Å². The maximum absolute atomic E-state index is 11.3. The molecule has 5 heteroatoms. The predicted molar refractivity (Wildman–Crippen MR) is 68.3 cm³/mol. The number of amides is 1. The molecule has 4 nitrogen and oxygen atoms in total. The van der Waals surface area contributed by atoms with Gasteiger partial charge in [-0.1, -0.05) is 0 Å². The Morgan fingerprint density at radius 1 is 1.56 bits per heavy atom. The summed E-state index contributed by atoms with van der Waals surface area (Å²) in [6.45, 7) is 4.47. The van der Waals surface area contributed by atoms with E-state index in [2.05, 4.69) is 31.5 Å². The van der Waals surface area contributed by atoms with E-state index in [1.807, 2.05) is 26.0 Å². The van der Waals surface area contributed by atoms with Crippen LogP contribution in [-0.4, -0.2) is 23.5 Å². The van der Waals surface area contributed by atoms with Crippen LogP contribution in [0.15, 0.2) is 22.8 Å². The third kappa shape index (κ3) is 4.61. The SMILES string of the molecule is CC(C)NC(=O)CCNc1ncccc1Br. The normalized spacial score (nSPS) is 10.2. The lowest BCUT2D eigenvalue weighted by molar-refractivity contribution is -0.121. The van der Waals surface area contributed by atoms with E-state index in [1.165, 1.54) is 0 Å². The molecule has 1 rings (SSSR count). The van der Waals surface area contributed by atoms with E-state index in [4.69, 9.17) is 0 Å². The molecule has 0 saturated carbocycles. The fraction of sp³-hybridized carbons (Fsp3) is 0.455. The maximum atomic E-state index is 11.3. The Balaban J connectivity index is 2.31. The van der Waals surface area contributed by atoms with Crippen molar-refractivity contribution in [3.63, 3.8) is 0 Å². The van der Waals surface area contributed by atoms with Crippen molar-refractivity contribution in [3.05, 3.63) is 22.8 Å². The van der Waals surface area contributed by atoms with Crippen LogP contribution >= 0.6 is 15.9 Å². The Morgan fingerprint density at radius 3 is 2.94 bits per heavy atom. The van der Waals surface area contributed by atoms with Crippen LogP contribution in [0.5, 0.6) is 0 Å². The Kier molecular flexibility index (Phi) is 5.25. The van der Waals surface area contributed by atoms with Crippen molar-refractivity contribution in [1.29, 1.82) is 0 Å². The predicted octanol–water partition coefficient (Wildman–Crippen LogP) is 2.17.